The Morgan fingerprint density at radius 3 is 2.40 bits per heavy atom. The van der Waals surface area contributed by atoms with Crippen LogP contribution in [0.1, 0.15) is 37.8 Å². The van der Waals surface area contributed by atoms with Crippen molar-refractivity contribution in [2.24, 2.45) is 10.9 Å². The molecule has 0 bridgehead atoms. The molecule has 1 fully saturated rings. The van der Waals surface area contributed by atoms with E-state index in [2.05, 4.69) is 53.7 Å². The zero-order chi connectivity index (χ0) is 21.1. The van der Waals surface area contributed by atoms with Crippen LogP contribution in [-0.2, 0) is 27.4 Å². The Morgan fingerprint density at radius 2 is 1.80 bits per heavy atom. The number of guanidine groups is 1. The molecule has 2 rings (SSSR count). The van der Waals surface area contributed by atoms with E-state index in [0.717, 1.165) is 43.7 Å². The molecule has 1 aliphatic heterocycles. The van der Waals surface area contributed by atoms with Gasteiger partial charge < -0.3 is 25.0 Å². The molecule has 1 amide bonds. The number of amides is 1. The lowest BCUT2D eigenvalue weighted by Crippen LogP contribution is -2.44. The quantitative estimate of drug-likeness (QED) is 0.291. The summed E-state index contributed by atoms with van der Waals surface area (Å²) in [5.41, 5.74) is 2.28. The number of nitrogens with zero attached hydrogens (tertiary/aromatic N) is 2. The molecule has 0 spiro atoms. The predicted molar refractivity (Wildman–Crippen MR) is 131 cm³/mol. The number of rotatable bonds is 9. The van der Waals surface area contributed by atoms with E-state index in [1.807, 2.05) is 0 Å². The minimum Gasteiger partial charge on any atom is -0.381 e. The van der Waals surface area contributed by atoms with Crippen LogP contribution in [0.25, 0.3) is 0 Å². The van der Waals surface area contributed by atoms with Crippen LogP contribution in [0.3, 0.4) is 0 Å². The Hall–Kier alpha value is -1.39. The summed E-state index contributed by atoms with van der Waals surface area (Å²) in [7, 11) is 3.49. The lowest BCUT2D eigenvalue weighted by atomic mass is 10.1. The van der Waals surface area contributed by atoms with Gasteiger partial charge in [-0.2, -0.15) is 0 Å². The second-order valence-corrected chi connectivity index (χ2v) is 8.02. The van der Waals surface area contributed by atoms with E-state index in [1.165, 1.54) is 0 Å². The van der Waals surface area contributed by atoms with E-state index in [4.69, 9.17) is 9.47 Å². The van der Waals surface area contributed by atoms with Crippen LogP contribution >= 0.6 is 24.0 Å². The number of hydrogen-bond acceptors (Lipinski definition) is 4. The number of aliphatic imine (C=N–C) groups is 1. The number of ether oxygens (including phenoxy) is 2. The van der Waals surface area contributed by atoms with Crippen molar-refractivity contribution in [2.75, 3.05) is 40.4 Å². The number of benzene rings is 1. The van der Waals surface area contributed by atoms with Crippen molar-refractivity contribution < 1.29 is 14.3 Å². The molecule has 170 valence electrons. The molecular weight excluding hydrogens is 495 g/mol. The van der Waals surface area contributed by atoms with E-state index in [1.54, 1.807) is 19.0 Å². The zero-order valence-corrected chi connectivity index (χ0v) is 21.0. The SMILES string of the molecule is CC(C)CNC(=NCc1ccc(COC2CCOCC2)cc1)NCC(=O)N(C)C.I. The Morgan fingerprint density at radius 1 is 1.17 bits per heavy atom. The molecule has 0 radical (unpaired) electrons. The molecule has 0 unspecified atom stereocenters. The first-order chi connectivity index (χ1) is 13.9. The van der Waals surface area contributed by atoms with E-state index in [-0.39, 0.29) is 36.4 Å². The van der Waals surface area contributed by atoms with Gasteiger partial charge in [0.15, 0.2) is 5.96 Å². The van der Waals surface area contributed by atoms with E-state index in [9.17, 15) is 4.79 Å². The second-order valence-electron chi connectivity index (χ2n) is 8.02. The van der Waals surface area contributed by atoms with Crippen molar-refractivity contribution in [3.63, 3.8) is 0 Å². The summed E-state index contributed by atoms with van der Waals surface area (Å²) in [6.45, 7) is 8.05. The lowest BCUT2D eigenvalue weighted by Gasteiger charge is -2.22. The fourth-order valence-corrected chi connectivity index (χ4v) is 2.76. The summed E-state index contributed by atoms with van der Waals surface area (Å²) in [5, 5.41) is 6.40. The van der Waals surface area contributed by atoms with Gasteiger partial charge in [0, 0.05) is 33.9 Å². The molecule has 1 saturated heterocycles. The van der Waals surface area contributed by atoms with Crippen molar-refractivity contribution >= 4 is 35.8 Å². The Kier molecular flexibility index (Phi) is 13.0. The number of nitrogens with one attached hydrogen (secondary N) is 2. The van der Waals surface area contributed by atoms with Crippen LogP contribution in [0.5, 0.6) is 0 Å². The molecular formula is C22H37IN4O3. The summed E-state index contributed by atoms with van der Waals surface area (Å²) in [6.07, 6.45) is 2.25. The summed E-state index contributed by atoms with van der Waals surface area (Å²) in [4.78, 5) is 18.0. The van der Waals surface area contributed by atoms with E-state index in [0.29, 0.717) is 31.1 Å². The first kappa shape index (κ1) is 26.6. The third kappa shape index (κ3) is 10.6. The van der Waals surface area contributed by atoms with Crippen molar-refractivity contribution in [3.05, 3.63) is 35.4 Å². The van der Waals surface area contributed by atoms with Gasteiger partial charge in [0.25, 0.3) is 0 Å². The molecule has 7 nitrogen and oxygen atoms in total. The van der Waals surface area contributed by atoms with Gasteiger partial charge in [0.2, 0.25) is 5.91 Å². The third-order valence-electron chi connectivity index (χ3n) is 4.68. The Labute approximate surface area is 198 Å². The molecule has 0 saturated carbocycles. The van der Waals surface area contributed by atoms with Gasteiger partial charge in [0.1, 0.15) is 0 Å². The topological polar surface area (TPSA) is 75.2 Å². The molecule has 1 heterocycles. The molecule has 0 atom stereocenters. The van der Waals surface area contributed by atoms with Crippen LogP contribution in [-0.4, -0.2) is 63.3 Å². The number of carbonyl (C=O) groups excluding carboxylic acids is 1. The van der Waals surface area contributed by atoms with Crippen molar-refractivity contribution in [1.29, 1.82) is 0 Å². The van der Waals surface area contributed by atoms with Gasteiger partial charge in [-0.15, -0.1) is 24.0 Å². The standard InChI is InChI=1S/C22H36N4O3.HI/c1-17(2)13-23-22(25-15-21(27)26(3)4)24-14-18-5-7-19(8-6-18)16-29-20-9-11-28-12-10-20;/h5-8,17,20H,9-16H2,1-4H3,(H2,23,24,25);1H. The van der Waals surface area contributed by atoms with Crippen LogP contribution < -0.4 is 10.6 Å². The van der Waals surface area contributed by atoms with Crippen molar-refractivity contribution in [2.45, 2.75) is 45.9 Å². The summed E-state index contributed by atoms with van der Waals surface area (Å²) in [5.74, 6) is 1.15. The Bertz CT molecular complexity index is 644. The molecule has 30 heavy (non-hydrogen) atoms. The summed E-state index contributed by atoms with van der Waals surface area (Å²) in [6, 6.07) is 8.34. The number of halogens is 1. The van der Waals surface area contributed by atoms with Gasteiger partial charge in [-0.05, 0) is 29.9 Å². The zero-order valence-electron chi connectivity index (χ0n) is 18.6. The molecule has 1 aliphatic rings. The van der Waals surface area contributed by atoms with Crippen LogP contribution in [0.15, 0.2) is 29.3 Å². The molecule has 1 aromatic carbocycles. The number of hydrogen-bond donors (Lipinski definition) is 2. The number of carbonyl (C=O) groups is 1. The fourth-order valence-electron chi connectivity index (χ4n) is 2.76. The highest BCUT2D eigenvalue weighted by Crippen LogP contribution is 2.14. The summed E-state index contributed by atoms with van der Waals surface area (Å²) >= 11 is 0. The smallest absolute Gasteiger partial charge is 0.241 e. The molecule has 2 N–H and O–H groups in total. The normalized spacial score (nSPS) is 14.9. The maximum atomic E-state index is 11.8. The second kappa shape index (κ2) is 14.6. The molecule has 1 aromatic rings. The highest BCUT2D eigenvalue weighted by Gasteiger charge is 2.14. The largest absolute Gasteiger partial charge is 0.381 e. The Balaban J connectivity index is 0.00000450. The highest BCUT2D eigenvalue weighted by atomic mass is 127. The van der Waals surface area contributed by atoms with Gasteiger partial charge in [0.05, 0.1) is 25.8 Å². The van der Waals surface area contributed by atoms with Crippen LogP contribution in [0.2, 0.25) is 0 Å². The maximum absolute atomic E-state index is 11.8. The minimum absolute atomic E-state index is 0. The molecule has 0 aromatic heterocycles. The molecule has 8 heteroatoms. The minimum atomic E-state index is 0. The maximum Gasteiger partial charge on any atom is 0.241 e. The van der Waals surface area contributed by atoms with E-state index >= 15 is 0 Å². The van der Waals surface area contributed by atoms with Gasteiger partial charge in [-0.25, -0.2) is 4.99 Å². The molecule has 0 aliphatic carbocycles. The first-order valence-corrected chi connectivity index (χ1v) is 10.4. The van der Waals surface area contributed by atoms with E-state index < -0.39 is 0 Å². The van der Waals surface area contributed by atoms with Crippen LogP contribution in [0, 0.1) is 5.92 Å². The van der Waals surface area contributed by atoms with Crippen molar-refractivity contribution in [1.82, 2.24) is 15.5 Å². The average Bonchev–Trinajstić information content (AvgIpc) is 2.72. The summed E-state index contributed by atoms with van der Waals surface area (Å²) < 4.78 is 11.3. The van der Waals surface area contributed by atoms with Gasteiger partial charge >= 0.3 is 0 Å². The number of likely N-dealkylation sites (N-methyl/N-ethyl adjacent to an activating group) is 1. The average molecular weight is 532 g/mol. The predicted octanol–water partition coefficient (Wildman–Crippen LogP) is 2.78. The monoisotopic (exact) mass is 532 g/mol. The third-order valence-corrected chi connectivity index (χ3v) is 4.68. The first-order valence-electron chi connectivity index (χ1n) is 10.4. The van der Waals surface area contributed by atoms with Gasteiger partial charge in [-0.1, -0.05) is 38.1 Å². The van der Waals surface area contributed by atoms with Crippen LogP contribution in [0.4, 0.5) is 0 Å². The van der Waals surface area contributed by atoms with Crippen molar-refractivity contribution in [3.8, 4) is 0 Å². The lowest BCUT2D eigenvalue weighted by molar-refractivity contribution is -0.127. The highest BCUT2D eigenvalue weighted by molar-refractivity contribution is 14.0. The fraction of sp³-hybridized carbons (Fsp3) is 0.636. The van der Waals surface area contributed by atoms with Gasteiger partial charge in [-0.3, -0.25) is 4.79 Å².